The molecule has 0 saturated heterocycles. The van der Waals surface area contributed by atoms with Crippen molar-refractivity contribution in [2.45, 2.75) is 45.4 Å². The summed E-state index contributed by atoms with van der Waals surface area (Å²) in [5, 5.41) is 9.65. The zero-order valence-corrected chi connectivity index (χ0v) is 13.1. The van der Waals surface area contributed by atoms with E-state index in [4.69, 9.17) is 33.0 Å². The van der Waals surface area contributed by atoms with Crippen molar-refractivity contribution in [3.63, 3.8) is 0 Å². The lowest BCUT2D eigenvalue weighted by Gasteiger charge is -2.13. The summed E-state index contributed by atoms with van der Waals surface area (Å²) < 4.78 is 5.74. The van der Waals surface area contributed by atoms with Gasteiger partial charge in [-0.25, -0.2) is 0 Å². The molecule has 20 heavy (non-hydrogen) atoms. The molecule has 5 heteroatoms. The Balaban J connectivity index is 2.47. The van der Waals surface area contributed by atoms with Gasteiger partial charge < -0.3 is 9.84 Å². The Hall–Kier alpha value is -0.930. The fourth-order valence-electron chi connectivity index (χ4n) is 1.93. The van der Waals surface area contributed by atoms with Crippen molar-refractivity contribution >= 4 is 29.2 Å². The predicted octanol–water partition coefficient (Wildman–Crippen LogP) is 4.97. The molecule has 1 N–H and O–H groups in total. The van der Waals surface area contributed by atoms with Gasteiger partial charge in [-0.1, -0.05) is 36.5 Å². The smallest absolute Gasteiger partial charge is 0.303 e. The van der Waals surface area contributed by atoms with Crippen LogP contribution in [0, 0.1) is 0 Å². The monoisotopic (exact) mass is 318 g/mol. The quantitative estimate of drug-likeness (QED) is 0.654. The van der Waals surface area contributed by atoms with Gasteiger partial charge >= 0.3 is 5.97 Å². The van der Waals surface area contributed by atoms with E-state index in [-0.39, 0.29) is 6.42 Å². The summed E-state index contributed by atoms with van der Waals surface area (Å²) in [6.07, 6.45) is 4.37. The summed E-state index contributed by atoms with van der Waals surface area (Å²) in [6, 6.07) is 3.58. The molecule has 0 radical (unpaired) electrons. The van der Waals surface area contributed by atoms with E-state index in [2.05, 4.69) is 6.92 Å². The zero-order chi connectivity index (χ0) is 15.0. The third-order valence-corrected chi connectivity index (χ3v) is 3.79. The Morgan fingerprint density at radius 2 is 2.00 bits per heavy atom. The molecule has 112 valence electrons. The molecule has 0 aromatic heterocycles. The van der Waals surface area contributed by atoms with E-state index in [9.17, 15) is 4.79 Å². The summed E-state index contributed by atoms with van der Waals surface area (Å²) in [5.41, 5.74) is 0.951. The SMILES string of the molecule is CCCc1c(OCCCCCC(=O)O)ccc(Cl)c1Cl. The summed E-state index contributed by atoms with van der Waals surface area (Å²) in [5.74, 6) is 0.0279. The number of halogens is 2. The number of hydrogen-bond donors (Lipinski definition) is 1. The number of carboxylic acid groups (broad SMARTS) is 1. The first kappa shape index (κ1) is 17.1. The summed E-state index contributed by atoms with van der Waals surface area (Å²) >= 11 is 12.2. The number of unbranched alkanes of at least 4 members (excludes halogenated alkanes) is 2. The first-order chi connectivity index (χ1) is 9.56. The van der Waals surface area contributed by atoms with Crippen LogP contribution in [0.4, 0.5) is 0 Å². The van der Waals surface area contributed by atoms with Crippen LogP contribution in [-0.4, -0.2) is 17.7 Å². The maximum absolute atomic E-state index is 10.4. The molecule has 0 bridgehead atoms. The molecule has 1 aromatic rings. The fourth-order valence-corrected chi connectivity index (χ4v) is 2.36. The third kappa shape index (κ3) is 5.59. The number of ether oxygens (including phenoxy) is 1. The molecule has 3 nitrogen and oxygen atoms in total. The second-order valence-electron chi connectivity index (χ2n) is 4.64. The van der Waals surface area contributed by atoms with Crippen LogP contribution in [0.3, 0.4) is 0 Å². The maximum atomic E-state index is 10.4. The number of benzene rings is 1. The van der Waals surface area contributed by atoms with Gasteiger partial charge in [-0.2, -0.15) is 0 Å². The highest BCUT2D eigenvalue weighted by atomic mass is 35.5. The summed E-state index contributed by atoms with van der Waals surface area (Å²) in [4.78, 5) is 10.4. The predicted molar refractivity (Wildman–Crippen MR) is 82.1 cm³/mol. The van der Waals surface area contributed by atoms with Crippen LogP contribution in [0.5, 0.6) is 5.75 Å². The standard InChI is InChI=1S/C15H20Cl2O3/c1-2-6-11-13(9-8-12(16)15(11)17)20-10-5-3-4-7-14(18)19/h8-9H,2-7,10H2,1H3,(H,18,19). The van der Waals surface area contributed by atoms with Gasteiger partial charge in [-0.3, -0.25) is 4.79 Å². The van der Waals surface area contributed by atoms with Crippen molar-refractivity contribution in [1.29, 1.82) is 0 Å². The van der Waals surface area contributed by atoms with Gasteiger partial charge in [0.15, 0.2) is 0 Å². The first-order valence-electron chi connectivity index (χ1n) is 6.87. The highest BCUT2D eigenvalue weighted by Crippen LogP contribution is 2.34. The van der Waals surface area contributed by atoms with Crippen molar-refractivity contribution in [3.05, 3.63) is 27.7 Å². The lowest BCUT2D eigenvalue weighted by molar-refractivity contribution is -0.137. The third-order valence-electron chi connectivity index (χ3n) is 2.95. The molecule has 0 amide bonds. The minimum Gasteiger partial charge on any atom is -0.493 e. The van der Waals surface area contributed by atoms with Crippen molar-refractivity contribution in [2.24, 2.45) is 0 Å². The van der Waals surface area contributed by atoms with E-state index >= 15 is 0 Å². The molecule has 0 aliphatic carbocycles. The first-order valence-corrected chi connectivity index (χ1v) is 7.63. The highest BCUT2D eigenvalue weighted by molar-refractivity contribution is 6.42. The van der Waals surface area contributed by atoms with E-state index in [0.717, 1.165) is 37.0 Å². The second-order valence-corrected chi connectivity index (χ2v) is 5.43. The van der Waals surface area contributed by atoms with E-state index in [0.29, 0.717) is 23.1 Å². The molecule has 0 aliphatic heterocycles. The van der Waals surface area contributed by atoms with Crippen molar-refractivity contribution in [2.75, 3.05) is 6.61 Å². The van der Waals surface area contributed by atoms with Gasteiger partial charge in [0.05, 0.1) is 16.7 Å². The molecule has 0 atom stereocenters. The molecule has 0 unspecified atom stereocenters. The van der Waals surface area contributed by atoms with E-state index in [1.165, 1.54) is 0 Å². The molecule has 0 fully saturated rings. The summed E-state index contributed by atoms with van der Waals surface area (Å²) in [6.45, 7) is 2.64. The molecule has 0 heterocycles. The zero-order valence-electron chi connectivity index (χ0n) is 11.6. The number of carboxylic acids is 1. The van der Waals surface area contributed by atoms with Gasteiger partial charge in [0.25, 0.3) is 0 Å². The molecular weight excluding hydrogens is 299 g/mol. The molecule has 0 saturated carbocycles. The molecule has 0 spiro atoms. The van der Waals surface area contributed by atoms with Crippen LogP contribution in [0.15, 0.2) is 12.1 Å². The lowest BCUT2D eigenvalue weighted by atomic mass is 10.1. The summed E-state index contributed by atoms with van der Waals surface area (Å²) in [7, 11) is 0. The van der Waals surface area contributed by atoms with Crippen LogP contribution in [0.1, 0.15) is 44.6 Å². The van der Waals surface area contributed by atoms with Crippen LogP contribution < -0.4 is 4.74 Å². The molecule has 0 aliphatic rings. The number of rotatable bonds is 9. The van der Waals surface area contributed by atoms with Gasteiger partial charge in [0.2, 0.25) is 0 Å². The Morgan fingerprint density at radius 1 is 1.25 bits per heavy atom. The Morgan fingerprint density at radius 3 is 2.65 bits per heavy atom. The Bertz CT molecular complexity index is 447. The van der Waals surface area contributed by atoms with Crippen molar-refractivity contribution < 1.29 is 14.6 Å². The molecule has 1 rings (SSSR count). The topological polar surface area (TPSA) is 46.5 Å². The largest absolute Gasteiger partial charge is 0.493 e. The minimum absolute atomic E-state index is 0.216. The van der Waals surface area contributed by atoms with E-state index in [1.807, 2.05) is 6.07 Å². The normalized spacial score (nSPS) is 10.6. The van der Waals surface area contributed by atoms with Gasteiger partial charge in [0.1, 0.15) is 5.75 Å². The molecular formula is C15H20Cl2O3. The van der Waals surface area contributed by atoms with Gasteiger partial charge in [-0.15, -0.1) is 0 Å². The minimum atomic E-state index is -0.749. The van der Waals surface area contributed by atoms with E-state index in [1.54, 1.807) is 6.07 Å². The fraction of sp³-hybridized carbons (Fsp3) is 0.533. The van der Waals surface area contributed by atoms with E-state index < -0.39 is 5.97 Å². The Kier molecular flexibility index (Phi) is 7.78. The van der Waals surface area contributed by atoms with Gasteiger partial charge in [0, 0.05) is 12.0 Å². The molecule has 1 aromatic carbocycles. The van der Waals surface area contributed by atoms with Gasteiger partial charge in [-0.05, 0) is 37.8 Å². The average Bonchev–Trinajstić information content (AvgIpc) is 2.41. The number of carbonyl (C=O) groups is 1. The van der Waals surface area contributed by atoms with Crippen LogP contribution in [-0.2, 0) is 11.2 Å². The number of aliphatic carboxylic acids is 1. The van der Waals surface area contributed by atoms with Crippen LogP contribution in [0.25, 0.3) is 0 Å². The lowest BCUT2D eigenvalue weighted by Crippen LogP contribution is -2.02. The van der Waals surface area contributed by atoms with Crippen LogP contribution >= 0.6 is 23.2 Å². The highest BCUT2D eigenvalue weighted by Gasteiger charge is 2.11. The van der Waals surface area contributed by atoms with Crippen molar-refractivity contribution in [1.82, 2.24) is 0 Å². The second kappa shape index (κ2) is 9.09. The van der Waals surface area contributed by atoms with Crippen molar-refractivity contribution in [3.8, 4) is 5.75 Å². The number of hydrogen-bond acceptors (Lipinski definition) is 2. The average molecular weight is 319 g/mol. The Labute approximate surface area is 129 Å². The maximum Gasteiger partial charge on any atom is 0.303 e. The van der Waals surface area contributed by atoms with Crippen LogP contribution in [0.2, 0.25) is 10.0 Å².